The lowest BCUT2D eigenvalue weighted by atomic mass is 10.1. The quantitative estimate of drug-likeness (QED) is 0.923. The Morgan fingerprint density at radius 2 is 2.11 bits per heavy atom. The molecule has 5 heteroatoms. The van der Waals surface area contributed by atoms with Gasteiger partial charge in [0.1, 0.15) is 12.1 Å². The third-order valence-electron chi connectivity index (χ3n) is 2.99. The first kappa shape index (κ1) is 14.1. The molecule has 1 unspecified atom stereocenters. The minimum atomic E-state index is -0.190. The summed E-state index contributed by atoms with van der Waals surface area (Å²) < 4.78 is 19.1. The summed E-state index contributed by atoms with van der Waals surface area (Å²) in [5.74, 6) is -0.190. The van der Waals surface area contributed by atoms with Crippen molar-refractivity contribution in [3.8, 4) is 0 Å². The summed E-state index contributed by atoms with van der Waals surface area (Å²) in [6, 6.07) is 3.48. The number of aromatic nitrogens is 1. The molecular formula is C14H17FN2OS. The molecular weight excluding hydrogens is 263 g/mol. The van der Waals surface area contributed by atoms with Gasteiger partial charge in [0.25, 0.3) is 5.22 Å². The Hall–Kier alpha value is -1.33. The molecule has 0 amide bonds. The maximum atomic E-state index is 13.7. The normalized spacial score (nSPS) is 12.7. The Balaban J connectivity index is 2.39. The van der Waals surface area contributed by atoms with Crippen LogP contribution in [0.25, 0.3) is 0 Å². The summed E-state index contributed by atoms with van der Waals surface area (Å²) >= 11 is 1.42. The van der Waals surface area contributed by atoms with E-state index in [0.717, 1.165) is 16.2 Å². The molecule has 0 aliphatic heterocycles. The number of aryl methyl sites for hydroxylation is 2. The molecule has 2 rings (SSSR count). The highest BCUT2D eigenvalue weighted by Gasteiger charge is 2.15. The van der Waals surface area contributed by atoms with E-state index in [1.54, 1.807) is 19.3 Å². The van der Waals surface area contributed by atoms with Crippen LogP contribution in [-0.4, -0.2) is 12.0 Å². The molecule has 2 aromatic rings. The molecule has 102 valence electrons. The molecule has 0 saturated carbocycles. The van der Waals surface area contributed by atoms with Gasteiger partial charge >= 0.3 is 0 Å². The summed E-state index contributed by atoms with van der Waals surface area (Å²) in [5.41, 5.74) is 2.37. The first-order valence-corrected chi connectivity index (χ1v) is 6.90. The molecule has 1 aromatic heterocycles. The SMILES string of the molecule is CNC(C)c1cc(F)c(C)cc1Sc1nc(C)co1. The molecule has 1 atom stereocenters. The Bertz CT molecular complexity index is 583. The monoisotopic (exact) mass is 280 g/mol. The van der Waals surface area contributed by atoms with Crippen LogP contribution < -0.4 is 5.32 Å². The number of nitrogens with zero attached hydrogens (tertiary/aromatic N) is 1. The van der Waals surface area contributed by atoms with Crippen LogP contribution in [0, 0.1) is 19.7 Å². The summed E-state index contributed by atoms with van der Waals surface area (Å²) in [6.45, 7) is 5.63. The highest BCUT2D eigenvalue weighted by atomic mass is 32.2. The topological polar surface area (TPSA) is 38.1 Å². The first-order valence-electron chi connectivity index (χ1n) is 6.08. The Labute approximate surface area is 116 Å². The van der Waals surface area contributed by atoms with Crippen LogP contribution in [0.1, 0.15) is 29.8 Å². The van der Waals surface area contributed by atoms with E-state index in [9.17, 15) is 4.39 Å². The van der Waals surface area contributed by atoms with E-state index in [1.165, 1.54) is 11.8 Å². The van der Waals surface area contributed by atoms with Gasteiger partial charge in [0.15, 0.2) is 0 Å². The highest BCUT2D eigenvalue weighted by molar-refractivity contribution is 7.99. The van der Waals surface area contributed by atoms with Gasteiger partial charge in [-0.15, -0.1) is 0 Å². The van der Waals surface area contributed by atoms with Crippen molar-refractivity contribution in [1.82, 2.24) is 10.3 Å². The minimum absolute atomic E-state index is 0.0636. The van der Waals surface area contributed by atoms with Gasteiger partial charge in [-0.05, 0) is 62.8 Å². The van der Waals surface area contributed by atoms with Gasteiger partial charge in [-0.1, -0.05) is 0 Å². The zero-order valence-electron chi connectivity index (χ0n) is 11.5. The fourth-order valence-electron chi connectivity index (χ4n) is 1.73. The maximum Gasteiger partial charge on any atom is 0.260 e. The van der Waals surface area contributed by atoms with E-state index >= 15 is 0 Å². The Morgan fingerprint density at radius 3 is 2.68 bits per heavy atom. The largest absolute Gasteiger partial charge is 0.439 e. The smallest absolute Gasteiger partial charge is 0.260 e. The first-order chi connectivity index (χ1) is 9.01. The van der Waals surface area contributed by atoms with E-state index in [4.69, 9.17) is 4.42 Å². The van der Waals surface area contributed by atoms with Crippen LogP contribution in [0.3, 0.4) is 0 Å². The average Bonchev–Trinajstić information content (AvgIpc) is 2.78. The van der Waals surface area contributed by atoms with Crippen molar-refractivity contribution >= 4 is 11.8 Å². The number of halogens is 1. The van der Waals surface area contributed by atoms with Crippen molar-refractivity contribution in [1.29, 1.82) is 0 Å². The van der Waals surface area contributed by atoms with Crippen molar-refractivity contribution in [2.24, 2.45) is 0 Å². The number of rotatable bonds is 4. The van der Waals surface area contributed by atoms with E-state index < -0.39 is 0 Å². The zero-order valence-corrected chi connectivity index (χ0v) is 12.3. The van der Waals surface area contributed by atoms with E-state index in [0.29, 0.717) is 10.8 Å². The summed E-state index contributed by atoms with van der Waals surface area (Å²) in [7, 11) is 1.85. The van der Waals surface area contributed by atoms with Gasteiger partial charge in [0.2, 0.25) is 0 Å². The molecule has 0 aliphatic rings. The molecule has 0 bridgehead atoms. The number of nitrogens with one attached hydrogen (secondary N) is 1. The van der Waals surface area contributed by atoms with Crippen LogP contribution in [0.5, 0.6) is 0 Å². The lowest BCUT2D eigenvalue weighted by molar-refractivity contribution is 0.454. The fraction of sp³-hybridized carbons (Fsp3) is 0.357. The van der Waals surface area contributed by atoms with E-state index in [1.807, 2.05) is 27.0 Å². The summed E-state index contributed by atoms with van der Waals surface area (Å²) in [6.07, 6.45) is 1.61. The number of benzene rings is 1. The van der Waals surface area contributed by atoms with Crippen LogP contribution in [0.2, 0.25) is 0 Å². The third-order valence-corrected chi connectivity index (χ3v) is 3.92. The standard InChI is InChI=1S/C14H17FN2OS/c1-8-5-13(19-14-17-9(2)7-18-14)11(6-12(8)15)10(3)16-4/h5-7,10,16H,1-4H3. The molecule has 0 saturated heterocycles. The van der Waals surface area contributed by atoms with Crippen LogP contribution in [0.4, 0.5) is 4.39 Å². The van der Waals surface area contributed by atoms with Crippen LogP contribution in [0.15, 0.2) is 32.9 Å². The molecule has 1 aromatic carbocycles. The second-order valence-corrected chi connectivity index (χ2v) is 5.50. The predicted octanol–water partition coefficient (Wildman–Crippen LogP) is 3.86. The zero-order chi connectivity index (χ0) is 14.0. The highest BCUT2D eigenvalue weighted by Crippen LogP contribution is 2.34. The second-order valence-electron chi connectivity index (χ2n) is 4.51. The van der Waals surface area contributed by atoms with Crippen molar-refractivity contribution in [2.75, 3.05) is 7.05 Å². The molecule has 0 spiro atoms. The molecule has 0 fully saturated rings. The summed E-state index contributed by atoms with van der Waals surface area (Å²) in [4.78, 5) is 5.23. The predicted molar refractivity (Wildman–Crippen MR) is 74.0 cm³/mol. The molecule has 0 aliphatic carbocycles. The lowest BCUT2D eigenvalue weighted by Gasteiger charge is -2.15. The second kappa shape index (κ2) is 5.75. The summed E-state index contributed by atoms with van der Waals surface area (Å²) in [5, 5.41) is 3.71. The van der Waals surface area contributed by atoms with Crippen molar-refractivity contribution in [2.45, 2.75) is 36.9 Å². The number of hydrogen-bond donors (Lipinski definition) is 1. The molecule has 1 heterocycles. The van der Waals surface area contributed by atoms with Gasteiger partial charge in [0.05, 0.1) is 5.69 Å². The van der Waals surface area contributed by atoms with E-state index in [-0.39, 0.29) is 11.9 Å². The van der Waals surface area contributed by atoms with Crippen molar-refractivity contribution in [3.05, 3.63) is 41.0 Å². The van der Waals surface area contributed by atoms with Crippen LogP contribution >= 0.6 is 11.8 Å². The fourth-order valence-corrected chi connectivity index (χ4v) is 2.79. The molecule has 1 N–H and O–H groups in total. The van der Waals surface area contributed by atoms with Crippen molar-refractivity contribution < 1.29 is 8.81 Å². The minimum Gasteiger partial charge on any atom is -0.439 e. The van der Waals surface area contributed by atoms with Crippen LogP contribution in [-0.2, 0) is 0 Å². The number of hydrogen-bond acceptors (Lipinski definition) is 4. The van der Waals surface area contributed by atoms with E-state index in [2.05, 4.69) is 10.3 Å². The van der Waals surface area contributed by atoms with Crippen molar-refractivity contribution in [3.63, 3.8) is 0 Å². The molecule has 19 heavy (non-hydrogen) atoms. The average molecular weight is 280 g/mol. The Kier molecular flexibility index (Phi) is 4.27. The third kappa shape index (κ3) is 3.16. The van der Waals surface area contributed by atoms with Gasteiger partial charge in [-0.25, -0.2) is 9.37 Å². The number of oxazole rings is 1. The van der Waals surface area contributed by atoms with Gasteiger partial charge < -0.3 is 9.73 Å². The van der Waals surface area contributed by atoms with Gasteiger partial charge in [-0.3, -0.25) is 0 Å². The maximum absolute atomic E-state index is 13.7. The Morgan fingerprint density at radius 1 is 1.37 bits per heavy atom. The van der Waals surface area contributed by atoms with Gasteiger partial charge in [-0.2, -0.15) is 0 Å². The lowest BCUT2D eigenvalue weighted by Crippen LogP contribution is -2.13. The van der Waals surface area contributed by atoms with Gasteiger partial charge in [0, 0.05) is 10.9 Å². The molecule has 0 radical (unpaired) electrons. The molecule has 3 nitrogen and oxygen atoms in total.